The summed E-state index contributed by atoms with van der Waals surface area (Å²) in [6, 6.07) is 15.3. The van der Waals surface area contributed by atoms with Crippen molar-refractivity contribution in [2.45, 2.75) is 12.8 Å². The Morgan fingerprint density at radius 2 is 1.72 bits per heavy atom. The van der Waals surface area contributed by atoms with Crippen LogP contribution in [0.5, 0.6) is 0 Å². The van der Waals surface area contributed by atoms with E-state index in [2.05, 4.69) is 10.3 Å². The molecule has 2 aromatic carbocycles. The quantitative estimate of drug-likeness (QED) is 0.725. The summed E-state index contributed by atoms with van der Waals surface area (Å²) in [6.07, 6.45) is 1.75. The number of benzene rings is 2. The van der Waals surface area contributed by atoms with E-state index >= 15 is 0 Å². The number of fused-ring (bicyclic) bond motifs is 1. The number of anilines is 2. The van der Waals surface area contributed by atoms with Crippen LogP contribution in [0.1, 0.15) is 33.0 Å². The van der Waals surface area contributed by atoms with Gasteiger partial charge in [-0.25, -0.2) is 13.8 Å². The minimum absolute atomic E-state index is 0.00544. The van der Waals surface area contributed by atoms with Gasteiger partial charge in [0.2, 0.25) is 0 Å². The number of carbonyl (C=O) groups excluding carboxylic acids is 2. The molecule has 0 fully saturated rings. The van der Waals surface area contributed by atoms with Crippen molar-refractivity contribution in [3.63, 3.8) is 0 Å². The number of nitrogens with zero attached hydrogens (tertiary/aromatic N) is 2. The molecule has 146 valence electrons. The smallest absolute Gasteiger partial charge is 0.276 e. The molecule has 1 aromatic heterocycles. The number of rotatable bonds is 3. The first-order valence-corrected chi connectivity index (χ1v) is 9.16. The predicted octanol–water partition coefficient (Wildman–Crippen LogP) is 4.21. The fourth-order valence-corrected chi connectivity index (χ4v) is 3.33. The van der Waals surface area contributed by atoms with E-state index < -0.39 is 17.5 Å². The standard InChI is InChI=1S/C22H17F2N3O2/c23-16-11-10-15(13-17(16)24)25-21(28)18-7-3-8-19(26-18)22(29)27-12-4-6-14-5-1-2-9-20(14)27/h1-3,5,7-11,13H,4,6,12H2,(H,25,28). The first-order chi connectivity index (χ1) is 14.0. The molecule has 1 N–H and O–H groups in total. The Labute approximate surface area is 166 Å². The summed E-state index contributed by atoms with van der Waals surface area (Å²) < 4.78 is 26.4. The monoisotopic (exact) mass is 393 g/mol. The summed E-state index contributed by atoms with van der Waals surface area (Å²) >= 11 is 0. The van der Waals surface area contributed by atoms with Crippen molar-refractivity contribution >= 4 is 23.2 Å². The van der Waals surface area contributed by atoms with E-state index in [0.29, 0.717) is 6.54 Å². The van der Waals surface area contributed by atoms with Gasteiger partial charge in [0, 0.05) is 24.0 Å². The zero-order valence-corrected chi connectivity index (χ0v) is 15.4. The summed E-state index contributed by atoms with van der Waals surface area (Å²) in [5.41, 5.74) is 2.18. The minimum atomic E-state index is -1.07. The minimum Gasteiger partial charge on any atom is -0.321 e. The van der Waals surface area contributed by atoms with Crippen molar-refractivity contribution in [1.82, 2.24) is 4.98 Å². The maximum atomic E-state index is 13.3. The Bertz CT molecular complexity index is 1100. The van der Waals surface area contributed by atoms with E-state index in [-0.39, 0.29) is 23.0 Å². The molecule has 0 saturated carbocycles. The maximum Gasteiger partial charge on any atom is 0.276 e. The Morgan fingerprint density at radius 3 is 2.55 bits per heavy atom. The Morgan fingerprint density at radius 1 is 0.931 bits per heavy atom. The fourth-order valence-electron chi connectivity index (χ4n) is 3.33. The van der Waals surface area contributed by atoms with Gasteiger partial charge in [-0.3, -0.25) is 9.59 Å². The van der Waals surface area contributed by atoms with Gasteiger partial charge in [-0.1, -0.05) is 24.3 Å². The normalized spacial score (nSPS) is 13.0. The molecule has 0 saturated heterocycles. The number of hydrogen-bond acceptors (Lipinski definition) is 3. The molecule has 29 heavy (non-hydrogen) atoms. The summed E-state index contributed by atoms with van der Waals surface area (Å²) in [4.78, 5) is 31.3. The SMILES string of the molecule is O=C(Nc1ccc(F)c(F)c1)c1cccc(C(=O)N2CCCc3ccccc32)n1. The van der Waals surface area contributed by atoms with Crippen LogP contribution < -0.4 is 10.2 Å². The van der Waals surface area contributed by atoms with Crippen LogP contribution in [0, 0.1) is 11.6 Å². The Balaban J connectivity index is 1.56. The zero-order chi connectivity index (χ0) is 20.4. The number of carbonyl (C=O) groups is 2. The molecule has 2 heterocycles. The number of para-hydroxylation sites is 1. The highest BCUT2D eigenvalue weighted by Gasteiger charge is 2.24. The molecule has 4 rings (SSSR count). The highest BCUT2D eigenvalue weighted by Crippen LogP contribution is 2.27. The average molecular weight is 393 g/mol. The summed E-state index contributed by atoms with van der Waals surface area (Å²) in [5.74, 6) is -2.98. The number of amides is 2. The molecule has 0 aliphatic carbocycles. The van der Waals surface area contributed by atoms with Gasteiger partial charge in [0.05, 0.1) is 0 Å². The van der Waals surface area contributed by atoms with Crippen molar-refractivity contribution in [1.29, 1.82) is 0 Å². The van der Waals surface area contributed by atoms with Crippen molar-refractivity contribution in [3.05, 3.63) is 89.2 Å². The second-order valence-corrected chi connectivity index (χ2v) is 6.68. The lowest BCUT2D eigenvalue weighted by Crippen LogP contribution is -2.36. The third kappa shape index (κ3) is 3.85. The highest BCUT2D eigenvalue weighted by molar-refractivity contribution is 6.07. The van der Waals surface area contributed by atoms with Crippen molar-refractivity contribution in [3.8, 4) is 0 Å². The van der Waals surface area contributed by atoms with Crippen LogP contribution in [0.4, 0.5) is 20.2 Å². The molecule has 2 amide bonds. The van der Waals surface area contributed by atoms with Gasteiger partial charge in [0.25, 0.3) is 11.8 Å². The molecule has 0 spiro atoms. The van der Waals surface area contributed by atoms with E-state index in [1.165, 1.54) is 12.1 Å². The average Bonchev–Trinajstić information content (AvgIpc) is 2.75. The van der Waals surface area contributed by atoms with Crippen LogP contribution in [0.15, 0.2) is 60.7 Å². The highest BCUT2D eigenvalue weighted by atomic mass is 19.2. The lowest BCUT2D eigenvalue weighted by molar-refractivity contribution is 0.0980. The number of nitrogens with one attached hydrogen (secondary N) is 1. The second kappa shape index (κ2) is 7.79. The number of pyridine rings is 1. The lowest BCUT2D eigenvalue weighted by atomic mass is 10.0. The van der Waals surface area contributed by atoms with E-state index in [9.17, 15) is 18.4 Å². The van der Waals surface area contributed by atoms with E-state index in [1.807, 2.05) is 24.3 Å². The second-order valence-electron chi connectivity index (χ2n) is 6.68. The molecule has 0 unspecified atom stereocenters. The van der Waals surface area contributed by atoms with Crippen molar-refractivity contribution < 1.29 is 18.4 Å². The molecule has 0 atom stereocenters. The van der Waals surface area contributed by atoms with Gasteiger partial charge in [-0.05, 0) is 48.7 Å². The molecule has 0 bridgehead atoms. The molecule has 1 aliphatic heterocycles. The molecule has 0 radical (unpaired) electrons. The summed E-state index contributed by atoms with van der Waals surface area (Å²) in [5, 5.41) is 2.45. The van der Waals surface area contributed by atoms with Gasteiger partial charge >= 0.3 is 0 Å². The topological polar surface area (TPSA) is 62.3 Å². The lowest BCUT2D eigenvalue weighted by Gasteiger charge is -2.29. The summed E-state index contributed by atoms with van der Waals surface area (Å²) in [6.45, 7) is 0.572. The third-order valence-electron chi connectivity index (χ3n) is 4.73. The summed E-state index contributed by atoms with van der Waals surface area (Å²) in [7, 11) is 0. The molecule has 3 aromatic rings. The number of aryl methyl sites for hydroxylation is 1. The van der Waals surface area contributed by atoms with Gasteiger partial charge in [-0.15, -0.1) is 0 Å². The van der Waals surface area contributed by atoms with Crippen LogP contribution in [0.25, 0.3) is 0 Å². The van der Waals surface area contributed by atoms with Gasteiger partial charge in [-0.2, -0.15) is 0 Å². The van der Waals surface area contributed by atoms with Crippen LogP contribution >= 0.6 is 0 Å². The fraction of sp³-hybridized carbons (Fsp3) is 0.136. The van der Waals surface area contributed by atoms with Gasteiger partial charge in [0.1, 0.15) is 11.4 Å². The first kappa shape index (κ1) is 18.7. The zero-order valence-electron chi connectivity index (χ0n) is 15.4. The molecular weight excluding hydrogens is 376 g/mol. The number of halogens is 2. The van der Waals surface area contributed by atoms with Crippen molar-refractivity contribution in [2.24, 2.45) is 0 Å². The van der Waals surface area contributed by atoms with E-state index in [4.69, 9.17) is 0 Å². The molecule has 7 heteroatoms. The van der Waals surface area contributed by atoms with Crippen LogP contribution in [0.3, 0.4) is 0 Å². The number of aromatic nitrogens is 1. The third-order valence-corrected chi connectivity index (χ3v) is 4.73. The van der Waals surface area contributed by atoms with Crippen LogP contribution in [-0.2, 0) is 6.42 Å². The molecule has 1 aliphatic rings. The molecule has 5 nitrogen and oxygen atoms in total. The van der Waals surface area contributed by atoms with E-state index in [0.717, 1.165) is 36.2 Å². The van der Waals surface area contributed by atoms with Gasteiger partial charge in [0.15, 0.2) is 11.6 Å². The predicted molar refractivity (Wildman–Crippen MR) is 105 cm³/mol. The van der Waals surface area contributed by atoms with E-state index in [1.54, 1.807) is 17.0 Å². The van der Waals surface area contributed by atoms with Crippen LogP contribution in [0.2, 0.25) is 0 Å². The van der Waals surface area contributed by atoms with Crippen molar-refractivity contribution in [2.75, 3.05) is 16.8 Å². The first-order valence-electron chi connectivity index (χ1n) is 9.16. The van der Waals surface area contributed by atoms with Crippen LogP contribution in [-0.4, -0.2) is 23.3 Å². The maximum absolute atomic E-state index is 13.3. The number of hydrogen-bond donors (Lipinski definition) is 1. The van der Waals surface area contributed by atoms with Gasteiger partial charge < -0.3 is 10.2 Å². The Hall–Kier alpha value is -3.61. The molecular formula is C22H17F2N3O2. The Kier molecular flexibility index (Phi) is 5.03. The largest absolute Gasteiger partial charge is 0.321 e.